The fourth-order valence-electron chi connectivity index (χ4n) is 6.77. The average molecular weight is 631 g/mol. The number of rotatable bonds is 33. The Morgan fingerprint density at radius 3 is 0.854 bits per heavy atom. The van der Waals surface area contributed by atoms with Crippen molar-refractivity contribution < 1.29 is 0 Å². The summed E-state index contributed by atoms with van der Waals surface area (Å²) in [6.45, 7) is 11.8. The van der Waals surface area contributed by atoms with E-state index in [2.05, 4.69) is 53.1 Å². The molecule has 0 heterocycles. The summed E-state index contributed by atoms with van der Waals surface area (Å²) >= 11 is 0. The molecule has 0 aliphatic carbocycles. The largest absolute Gasteiger partial charge is 0.131 e. The van der Waals surface area contributed by atoms with Crippen molar-refractivity contribution in [2.75, 3.05) is 18.5 Å². The van der Waals surface area contributed by atoms with Gasteiger partial charge in [-0.3, -0.25) is 0 Å². The van der Waals surface area contributed by atoms with Gasteiger partial charge in [0.25, 0.3) is 0 Å². The molecule has 0 radical (unpaired) electrons. The topological polar surface area (TPSA) is 0 Å². The Kier molecular flexibility index (Phi) is 30.9. The van der Waals surface area contributed by atoms with E-state index < -0.39 is 0 Å². The van der Waals surface area contributed by atoms with Gasteiger partial charge in [-0.05, 0) is 86.6 Å². The average Bonchev–Trinajstić information content (AvgIpc) is 2.96. The van der Waals surface area contributed by atoms with Gasteiger partial charge in [0, 0.05) is 0 Å². The number of hydrogen-bond acceptors (Lipinski definition) is 0. The van der Waals surface area contributed by atoms with E-state index in [4.69, 9.17) is 0 Å². The zero-order valence-electron chi connectivity index (χ0n) is 29.5. The van der Waals surface area contributed by atoms with Crippen LogP contribution in [0.1, 0.15) is 214 Å². The first kappa shape index (κ1) is 42.3. The zero-order valence-corrected chi connectivity index (χ0v) is 32.7. The maximum Gasteiger partial charge on any atom is -0.0150 e. The van der Waals surface area contributed by atoms with Gasteiger partial charge in [0.15, 0.2) is 0 Å². The summed E-state index contributed by atoms with van der Waals surface area (Å²) < 4.78 is 0. The fourth-order valence-corrected chi connectivity index (χ4v) is 10.5. The molecule has 0 nitrogen and oxygen atoms in total. The van der Waals surface area contributed by atoms with E-state index >= 15 is 0 Å². The molecule has 0 saturated carbocycles. The second-order valence-corrected chi connectivity index (χ2v) is 19.2. The van der Waals surface area contributed by atoms with Crippen LogP contribution in [0, 0.1) is 0 Å². The Hall–Kier alpha value is 1.29. The normalized spacial score (nSPS) is 12.6. The van der Waals surface area contributed by atoms with E-state index in [0.717, 1.165) is 0 Å². The highest BCUT2D eigenvalue weighted by molar-refractivity contribution is 7.57. The lowest BCUT2D eigenvalue weighted by atomic mass is 9.89. The lowest BCUT2D eigenvalue weighted by Gasteiger charge is -2.32. The van der Waals surface area contributed by atoms with Gasteiger partial charge < -0.3 is 0 Å². The highest BCUT2D eigenvalue weighted by atomic mass is 31.1. The fraction of sp³-hybridized carbons (Fsp3) is 1.00. The molecule has 0 aromatic carbocycles. The standard InChI is InChI=1S/C38H81P3/c1-6-11-16-21-28-37(39,29-22-17-12-7-2)32-26-35-41(34-25-20-15-10-5)36-27-33-38(40,30-23-18-13-8-3)31-24-19-14-9-4/h6-36,39-40H2,1-5H3. The Labute approximate surface area is 268 Å². The molecule has 248 valence electrons. The Morgan fingerprint density at radius 2 is 0.561 bits per heavy atom. The van der Waals surface area contributed by atoms with Crippen LogP contribution in [0.4, 0.5) is 0 Å². The van der Waals surface area contributed by atoms with E-state index in [-0.39, 0.29) is 7.92 Å². The number of hydrogen-bond donors (Lipinski definition) is 0. The predicted molar refractivity (Wildman–Crippen MR) is 204 cm³/mol. The summed E-state index contributed by atoms with van der Waals surface area (Å²) in [4.78, 5) is 0. The van der Waals surface area contributed by atoms with Gasteiger partial charge in [-0.25, -0.2) is 0 Å². The van der Waals surface area contributed by atoms with Crippen LogP contribution >= 0.6 is 26.4 Å². The van der Waals surface area contributed by atoms with Crippen molar-refractivity contribution in [2.24, 2.45) is 0 Å². The monoisotopic (exact) mass is 631 g/mol. The van der Waals surface area contributed by atoms with Crippen molar-refractivity contribution in [3.63, 3.8) is 0 Å². The molecule has 0 N–H and O–H groups in total. The molecule has 2 unspecified atom stereocenters. The lowest BCUT2D eigenvalue weighted by molar-refractivity contribution is 0.418. The molecule has 2 atom stereocenters. The molecule has 0 fully saturated rings. The van der Waals surface area contributed by atoms with Crippen molar-refractivity contribution >= 4 is 26.4 Å². The van der Waals surface area contributed by atoms with Crippen LogP contribution in [0.25, 0.3) is 0 Å². The maximum atomic E-state index is 3.43. The van der Waals surface area contributed by atoms with Gasteiger partial charge >= 0.3 is 0 Å². The summed E-state index contributed by atoms with van der Waals surface area (Å²) in [7, 11) is 7.08. The lowest BCUT2D eigenvalue weighted by Crippen LogP contribution is -2.22. The minimum atomic E-state index is 0.224. The molecule has 0 saturated heterocycles. The second-order valence-electron chi connectivity index (χ2n) is 14.1. The van der Waals surface area contributed by atoms with Gasteiger partial charge in [0.2, 0.25) is 0 Å². The Balaban J connectivity index is 5.01. The summed E-state index contributed by atoms with van der Waals surface area (Å²) in [6.07, 6.45) is 44.9. The molecule has 0 amide bonds. The summed E-state index contributed by atoms with van der Waals surface area (Å²) in [6, 6.07) is 0. The van der Waals surface area contributed by atoms with Crippen molar-refractivity contribution in [1.82, 2.24) is 0 Å². The molecule has 41 heavy (non-hydrogen) atoms. The molecular formula is C38H81P3. The third-order valence-corrected chi connectivity index (χ3v) is 14.3. The molecule has 0 aromatic rings. The van der Waals surface area contributed by atoms with Crippen LogP contribution in [0.2, 0.25) is 0 Å². The molecule has 0 rings (SSSR count). The Morgan fingerprint density at radius 1 is 0.317 bits per heavy atom. The predicted octanol–water partition coefficient (Wildman–Crippen LogP) is 14.7. The van der Waals surface area contributed by atoms with Gasteiger partial charge in [-0.2, -0.15) is 0 Å². The minimum Gasteiger partial charge on any atom is -0.131 e. The third-order valence-electron chi connectivity index (χ3n) is 9.74. The van der Waals surface area contributed by atoms with Crippen LogP contribution < -0.4 is 0 Å². The van der Waals surface area contributed by atoms with Crippen LogP contribution in [0.3, 0.4) is 0 Å². The molecular weight excluding hydrogens is 549 g/mol. The SMILES string of the molecule is CCCCCCP(CCCC(P)(CCCCCC)CCCCCC)CCCC(P)(CCCCCC)CCCCCC. The molecule has 0 aromatic heterocycles. The molecule has 3 heteroatoms. The first-order valence-corrected chi connectivity index (χ1v) is 22.2. The highest BCUT2D eigenvalue weighted by Gasteiger charge is 2.25. The van der Waals surface area contributed by atoms with Crippen molar-refractivity contribution in [2.45, 2.75) is 225 Å². The van der Waals surface area contributed by atoms with E-state index in [1.165, 1.54) is 180 Å². The number of unbranched alkanes of at least 4 members (excludes halogenated alkanes) is 15. The zero-order chi connectivity index (χ0) is 30.5. The third kappa shape index (κ3) is 26.2. The summed E-state index contributed by atoms with van der Waals surface area (Å²) in [5.41, 5.74) is 0. The Bertz CT molecular complexity index is 456. The highest BCUT2D eigenvalue weighted by Crippen LogP contribution is 2.44. The van der Waals surface area contributed by atoms with Crippen LogP contribution in [0.5, 0.6) is 0 Å². The van der Waals surface area contributed by atoms with E-state index in [1.54, 1.807) is 18.5 Å². The van der Waals surface area contributed by atoms with E-state index in [1.807, 2.05) is 0 Å². The summed E-state index contributed by atoms with van der Waals surface area (Å²) in [5, 5.41) is 1.05. The second kappa shape index (κ2) is 30.0. The van der Waals surface area contributed by atoms with Crippen LogP contribution in [-0.4, -0.2) is 28.8 Å². The van der Waals surface area contributed by atoms with Crippen molar-refractivity contribution in [3.8, 4) is 0 Å². The van der Waals surface area contributed by atoms with E-state index in [0.29, 0.717) is 10.3 Å². The maximum absolute atomic E-state index is 3.43. The molecule has 0 aliphatic rings. The van der Waals surface area contributed by atoms with Crippen LogP contribution in [0.15, 0.2) is 0 Å². The van der Waals surface area contributed by atoms with E-state index in [9.17, 15) is 0 Å². The summed E-state index contributed by atoms with van der Waals surface area (Å²) in [5.74, 6) is 0. The van der Waals surface area contributed by atoms with Gasteiger partial charge in [-0.1, -0.05) is 157 Å². The van der Waals surface area contributed by atoms with Gasteiger partial charge in [-0.15, -0.1) is 26.4 Å². The first-order valence-electron chi connectivity index (χ1n) is 19.2. The molecule has 0 bridgehead atoms. The van der Waals surface area contributed by atoms with Gasteiger partial charge in [0.1, 0.15) is 0 Å². The van der Waals surface area contributed by atoms with Gasteiger partial charge in [0.05, 0.1) is 0 Å². The smallest absolute Gasteiger partial charge is 0.0150 e. The quantitative estimate of drug-likeness (QED) is 0.0500. The van der Waals surface area contributed by atoms with Crippen molar-refractivity contribution in [1.29, 1.82) is 0 Å². The van der Waals surface area contributed by atoms with Crippen molar-refractivity contribution in [3.05, 3.63) is 0 Å². The molecule has 0 spiro atoms. The minimum absolute atomic E-state index is 0.224. The molecule has 0 aliphatic heterocycles. The van der Waals surface area contributed by atoms with Crippen LogP contribution in [-0.2, 0) is 0 Å². The first-order chi connectivity index (χ1) is 19.9.